The van der Waals surface area contributed by atoms with E-state index < -0.39 is 11.0 Å². The third-order valence-electron chi connectivity index (χ3n) is 4.63. The molecule has 1 aromatic rings. The first-order valence-electron chi connectivity index (χ1n) is 8.27. The maximum Gasteiger partial charge on any atom is 0.316 e. The highest BCUT2D eigenvalue weighted by Crippen LogP contribution is 2.34. The molecule has 0 saturated heterocycles. The van der Waals surface area contributed by atoms with E-state index in [4.69, 9.17) is 9.47 Å². The quantitative estimate of drug-likeness (QED) is 0.552. The van der Waals surface area contributed by atoms with Crippen LogP contribution in [0.3, 0.4) is 0 Å². The molecule has 0 amide bonds. The predicted molar refractivity (Wildman–Crippen MR) is 94.9 cm³/mol. The summed E-state index contributed by atoms with van der Waals surface area (Å²) < 4.78 is 11.3. The molecule has 0 saturated carbocycles. The van der Waals surface area contributed by atoms with Gasteiger partial charge in [-0.1, -0.05) is 33.8 Å². The molecule has 0 aliphatic heterocycles. The Hall–Kier alpha value is -1.35. The summed E-state index contributed by atoms with van der Waals surface area (Å²) in [5.74, 6) is 0.385. The number of carbonyl (C=O) groups is 1. The molecule has 0 radical (unpaired) electrons. The molecule has 0 unspecified atom stereocenters. The van der Waals surface area contributed by atoms with Crippen molar-refractivity contribution in [3.63, 3.8) is 0 Å². The molecule has 3 heteroatoms. The minimum absolute atomic E-state index is 0.0404. The number of ether oxygens (including phenoxy) is 2. The van der Waals surface area contributed by atoms with Crippen molar-refractivity contribution in [3.05, 3.63) is 29.3 Å². The number of carbonyl (C=O) groups excluding carboxylic acids is 1. The maximum absolute atomic E-state index is 12.4. The van der Waals surface area contributed by atoms with E-state index in [0.29, 0.717) is 5.75 Å². The summed E-state index contributed by atoms with van der Waals surface area (Å²) in [4.78, 5) is 12.4. The second kappa shape index (κ2) is 6.64. The van der Waals surface area contributed by atoms with Crippen LogP contribution in [0.1, 0.15) is 72.9 Å². The largest absolute Gasteiger partial charge is 0.426 e. The van der Waals surface area contributed by atoms with Crippen LogP contribution in [0.5, 0.6) is 5.75 Å². The van der Waals surface area contributed by atoms with Crippen LogP contribution in [-0.4, -0.2) is 13.1 Å². The van der Waals surface area contributed by atoms with Crippen LogP contribution in [0.4, 0.5) is 0 Å². The number of rotatable bonds is 5. The number of hydrogen-bond acceptors (Lipinski definition) is 3. The minimum Gasteiger partial charge on any atom is -0.426 e. The van der Waals surface area contributed by atoms with E-state index in [2.05, 4.69) is 26.8 Å². The van der Waals surface area contributed by atoms with E-state index in [-0.39, 0.29) is 11.4 Å². The van der Waals surface area contributed by atoms with Gasteiger partial charge in [-0.15, -0.1) is 0 Å². The lowest BCUT2D eigenvalue weighted by Gasteiger charge is -2.28. The average molecular weight is 320 g/mol. The highest BCUT2D eigenvalue weighted by molar-refractivity contribution is 5.78. The van der Waals surface area contributed by atoms with Crippen molar-refractivity contribution in [3.8, 4) is 5.75 Å². The first-order chi connectivity index (χ1) is 10.3. The van der Waals surface area contributed by atoms with Gasteiger partial charge in [0.25, 0.3) is 0 Å². The molecule has 0 aliphatic rings. The Balaban J connectivity index is 3.32. The van der Waals surface area contributed by atoms with Gasteiger partial charge in [-0.2, -0.15) is 0 Å². The third kappa shape index (κ3) is 4.81. The molecule has 0 aromatic heterocycles. The number of benzene rings is 1. The minimum atomic E-state index is -0.491. The number of hydrogen-bond donors (Lipinski definition) is 0. The molecular formula is C20H32O3. The monoisotopic (exact) mass is 320 g/mol. The molecular weight excluding hydrogens is 288 g/mol. The van der Waals surface area contributed by atoms with Crippen molar-refractivity contribution < 1.29 is 14.3 Å². The summed E-state index contributed by atoms with van der Waals surface area (Å²) in [7, 11) is 1.69. The Bertz CT molecular complexity index is 563. The zero-order chi connectivity index (χ0) is 18.1. The first-order valence-corrected chi connectivity index (χ1v) is 8.27. The Morgan fingerprint density at radius 3 is 1.91 bits per heavy atom. The van der Waals surface area contributed by atoms with Gasteiger partial charge in [-0.25, -0.2) is 0 Å². The van der Waals surface area contributed by atoms with Gasteiger partial charge in [0.2, 0.25) is 0 Å². The lowest BCUT2D eigenvalue weighted by Crippen LogP contribution is -2.28. The van der Waals surface area contributed by atoms with Crippen molar-refractivity contribution in [1.82, 2.24) is 0 Å². The van der Waals surface area contributed by atoms with E-state index >= 15 is 0 Å². The standard InChI is InChI=1S/C20H32O3/c1-10-19(5,6)17(21)23-16-12-14(18(2,3)4)11-15(13-16)20(7,8)22-9/h11-13H,10H2,1-9H3. The lowest BCUT2D eigenvalue weighted by atomic mass is 9.83. The second-order valence-electron chi connectivity index (χ2n) is 8.34. The summed E-state index contributed by atoms with van der Waals surface area (Å²) in [6.07, 6.45) is 0.737. The molecule has 0 atom stereocenters. The molecule has 0 spiro atoms. The van der Waals surface area contributed by atoms with Crippen LogP contribution in [0.2, 0.25) is 0 Å². The lowest BCUT2D eigenvalue weighted by molar-refractivity contribution is -0.144. The van der Waals surface area contributed by atoms with Gasteiger partial charge in [0, 0.05) is 7.11 Å². The zero-order valence-corrected chi connectivity index (χ0v) is 16.2. The highest BCUT2D eigenvalue weighted by atomic mass is 16.5. The topological polar surface area (TPSA) is 35.5 Å². The van der Waals surface area contributed by atoms with E-state index in [1.165, 1.54) is 0 Å². The smallest absolute Gasteiger partial charge is 0.316 e. The summed E-state index contributed by atoms with van der Waals surface area (Å²) in [6, 6.07) is 5.99. The van der Waals surface area contributed by atoms with Gasteiger partial charge in [0.15, 0.2) is 0 Å². The number of esters is 1. The van der Waals surface area contributed by atoms with E-state index in [1.54, 1.807) is 7.11 Å². The fourth-order valence-electron chi connectivity index (χ4n) is 1.95. The van der Waals surface area contributed by atoms with Gasteiger partial charge in [-0.3, -0.25) is 4.79 Å². The van der Waals surface area contributed by atoms with Gasteiger partial charge < -0.3 is 9.47 Å². The molecule has 0 N–H and O–H groups in total. The van der Waals surface area contributed by atoms with Crippen molar-refractivity contribution in [2.45, 2.75) is 72.8 Å². The second-order valence-corrected chi connectivity index (χ2v) is 8.34. The maximum atomic E-state index is 12.4. The Morgan fingerprint density at radius 2 is 1.48 bits per heavy atom. The van der Waals surface area contributed by atoms with E-state index in [9.17, 15) is 4.79 Å². The Morgan fingerprint density at radius 1 is 0.957 bits per heavy atom. The number of methoxy groups -OCH3 is 1. The fourth-order valence-corrected chi connectivity index (χ4v) is 1.95. The van der Waals surface area contributed by atoms with Crippen LogP contribution < -0.4 is 4.74 Å². The Kier molecular flexibility index (Phi) is 5.69. The first kappa shape index (κ1) is 19.7. The van der Waals surface area contributed by atoms with Gasteiger partial charge in [0.05, 0.1) is 11.0 Å². The van der Waals surface area contributed by atoms with E-state index in [0.717, 1.165) is 17.5 Å². The SMILES string of the molecule is CCC(C)(C)C(=O)Oc1cc(C(C)(C)C)cc(C(C)(C)OC)c1. The van der Waals surface area contributed by atoms with Crippen LogP contribution in [0, 0.1) is 5.41 Å². The van der Waals surface area contributed by atoms with E-state index in [1.807, 2.05) is 46.8 Å². The van der Waals surface area contributed by atoms with Crippen molar-refractivity contribution >= 4 is 5.97 Å². The third-order valence-corrected chi connectivity index (χ3v) is 4.63. The van der Waals surface area contributed by atoms with Gasteiger partial charge in [0.1, 0.15) is 5.75 Å². The molecule has 0 aliphatic carbocycles. The Labute approximate surface area is 141 Å². The van der Waals surface area contributed by atoms with Gasteiger partial charge in [-0.05, 0) is 62.8 Å². The average Bonchev–Trinajstić information content (AvgIpc) is 2.45. The van der Waals surface area contributed by atoms with Gasteiger partial charge >= 0.3 is 5.97 Å². The molecule has 1 aromatic carbocycles. The summed E-state index contributed by atoms with van der Waals surface area (Å²) in [6.45, 7) is 16.3. The highest BCUT2D eigenvalue weighted by Gasteiger charge is 2.29. The zero-order valence-electron chi connectivity index (χ0n) is 16.2. The normalized spacial score (nSPS) is 13.1. The summed E-state index contributed by atoms with van der Waals surface area (Å²) in [5.41, 5.74) is 1.15. The molecule has 0 fully saturated rings. The van der Waals surface area contributed by atoms with Crippen LogP contribution in [0.15, 0.2) is 18.2 Å². The molecule has 0 heterocycles. The van der Waals surface area contributed by atoms with Crippen LogP contribution in [0.25, 0.3) is 0 Å². The molecule has 3 nitrogen and oxygen atoms in total. The van der Waals surface area contributed by atoms with Crippen LogP contribution >= 0.6 is 0 Å². The molecule has 1 rings (SSSR count). The van der Waals surface area contributed by atoms with Crippen molar-refractivity contribution in [2.24, 2.45) is 5.41 Å². The summed E-state index contributed by atoms with van der Waals surface area (Å²) >= 11 is 0. The molecule has 0 bridgehead atoms. The fraction of sp³-hybridized carbons (Fsp3) is 0.650. The van der Waals surface area contributed by atoms with Crippen molar-refractivity contribution in [2.75, 3.05) is 7.11 Å². The predicted octanol–water partition coefficient (Wildman–Crippen LogP) is 5.21. The van der Waals surface area contributed by atoms with Crippen LogP contribution in [-0.2, 0) is 20.5 Å². The molecule has 23 heavy (non-hydrogen) atoms. The van der Waals surface area contributed by atoms with Crippen molar-refractivity contribution in [1.29, 1.82) is 0 Å². The molecule has 130 valence electrons. The summed E-state index contributed by atoms with van der Waals surface area (Å²) in [5, 5.41) is 0.